The Kier molecular flexibility index (Phi) is 5.71. The molecular formula is C21H17ClN2O6S. The van der Waals surface area contributed by atoms with E-state index in [1.165, 1.54) is 32.4 Å². The van der Waals surface area contributed by atoms with Crippen LogP contribution in [-0.4, -0.2) is 32.8 Å². The van der Waals surface area contributed by atoms with Crippen LogP contribution in [0.2, 0.25) is 5.02 Å². The molecule has 0 amide bonds. The first-order valence-corrected chi connectivity index (χ1v) is 11.1. The van der Waals surface area contributed by atoms with Gasteiger partial charge in [-0.2, -0.15) is 4.98 Å². The molecule has 0 spiro atoms. The summed E-state index contributed by atoms with van der Waals surface area (Å²) in [5, 5.41) is 4.47. The molecule has 10 heteroatoms. The van der Waals surface area contributed by atoms with Crippen molar-refractivity contribution in [1.82, 2.24) is 10.1 Å². The van der Waals surface area contributed by atoms with Gasteiger partial charge in [-0.25, -0.2) is 8.42 Å². The van der Waals surface area contributed by atoms with Crippen LogP contribution in [-0.2, 0) is 15.6 Å². The zero-order chi connectivity index (χ0) is 22.0. The van der Waals surface area contributed by atoms with E-state index in [2.05, 4.69) is 10.1 Å². The van der Waals surface area contributed by atoms with Crippen molar-refractivity contribution < 1.29 is 26.8 Å². The monoisotopic (exact) mass is 460 g/mol. The number of halogens is 1. The Hall–Kier alpha value is -3.30. The number of methoxy groups -OCH3 is 2. The molecule has 0 saturated heterocycles. The van der Waals surface area contributed by atoms with Crippen LogP contribution in [0.25, 0.3) is 23.0 Å². The van der Waals surface area contributed by atoms with Gasteiger partial charge in [0, 0.05) is 16.7 Å². The predicted octanol–water partition coefficient (Wildman–Crippen LogP) is 4.64. The van der Waals surface area contributed by atoms with Gasteiger partial charge in [-0.3, -0.25) is 0 Å². The Morgan fingerprint density at radius 1 is 1.00 bits per heavy atom. The Labute approximate surface area is 183 Å². The molecule has 0 aliphatic carbocycles. The van der Waals surface area contributed by atoms with Crippen LogP contribution in [0.5, 0.6) is 11.5 Å². The fourth-order valence-corrected chi connectivity index (χ4v) is 4.37. The highest BCUT2D eigenvalue weighted by Crippen LogP contribution is 2.31. The topological polar surface area (TPSA) is 105 Å². The molecule has 0 unspecified atom stereocenters. The number of sulfone groups is 1. The van der Waals surface area contributed by atoms with Crippen LogP contribution in [0, 0.1) is 0 Å². The van der Waals surface area contributed by atoms with Crippen molar-refractivity contribution in [3.05, 3.63) is 65.4 Å². The van der Waals surface area contributed by atoms with Gasteiger partial charge in [0.1, 0.15) is 11.5 Å². The van der Waals surface area contributed by atoms with Gasteiger partial charge < -0.3 is 18.4 Å². The average molecular weight is 461 g/mol. The third-order valence-corrected chi connectivity index (χ3v) is 6.30. The number of rotatable bonds is 7. The highest BCUT2D eigenvalue weighted by atomic mass is 35.5. The third kappa shape index (κ3) is 4.42. The van der Waals surface area contributed by atoms with Gasteiger partial charge in [0.05, 0.1) is 19.1 Å². The number of benzene rings is 2. The van der Waals surface area contributed by atoms with Crippen LogP contribution < -0.4 is 9.47 Å². The molecule has 0 saturated carbocycles. The quantitative estimate of drug-likeness (QED) is 0.392. The Morgan fingerprint density at radius 2 is 1.81 bits per heavy atom. The number of nitrogens with zero attached hydrogens (tertiary/aromatic N) is 2. The minimum Gasteiger partial charge on any atom is -0.493 e. The van der Waals surface area contributed by atoms with Gasteiger partial charge in [0.25, 0.3) is 5.89 Å². The van der Waals surface area contributed by atoms with Gasteiger partial charge in [0.15, 0.2) is 27.1 Å². The lowest BCUT2D eigenvalue weighted by Crippen LogP contribution is -2.05. The van der Waals surface area contributed by atoms with E-state index in [9.17, 15) is 8.42 Å². The summed E-state index contributed by atoms with van der Waals surface area (Å²) in [6.45, 7) is 0. The van der Waals surface area contributed by atoms with E-state index < -0.39 is 9.84 Å². The molecule has 0 bridgehead atoms. The van der Waals surface area contributed by atoms with Crippen LogP contribution >= 0.6 is 11.6 Å². The first kappa shape index (κ1) is 21.0. The molecule has 2 aromatic heterocycles. The number of furan rings is 1. The summed E-state index contributed by atoms with van der Waals surface area (Å²) in [6, 6.07) is 14.6. The maximum atomic E-state index is 12.8. The maximum absolute atomic E-state index is 12.8. The number of hydrogen-bond donors (Lipinski definition) is 0. The predicted molar refractivity (Wildman–Crippen MR) is 113 cm³/mol. The van der Waals surface area contributed by atoms with Gasteiger partial charge in [0.2, 0.25) is 5.82 Å². The van der Waals surface area contributed by atoms with E-state index in [4.69, 9.17) is 30.0 Å². The summed E-state index contributed by atoms with van der Waals surface area (Å²) in [4.78, 5) is 4.38. The minimum absolute atomic E-state index is 0.0872. The average Bonchev–Trinajstić information content (AvgIpc) is 3.42. The smallest absolute Gasteiger partial charge is 0.293 e. The standard InChI is InChI=1S/C21H17ClN2O6S/c1-27-17-9-7-16(11-19(17)28-2)31(25,26)12-15-6-8-18(29-15)21-23-20(24-30-21)13-4-3-5-14(22)10-13/h3-11H,12H2,1-2H3. The van der Waals surface area contributed by atoms with Crippen LogP contribution in [0.4, 0.5) is 0 Å². The zero-order valence-electron chi connectivity index (χ0n) is 16.5. The maximum Gasteiger partial charge on any atom is 0.293 e. The van der Waals surface area contributed by atoms with Crippen molar-refractivity contribution in [2.45, 2.75) is 10.6 Å². The summed E-state index contributed by atoms with van der Waals surface area (Å²) < 4.78 is 46.9. The van der Waals surface area contributed by atoms with E-state index in [1.807, 2.05) is 0 Å². The highest BCUT2D eigenvalue weighted by Gasteiger charge is 2.21. The molecule has 0 radical (unpaired) electrons. The van der Waals surface area contributed by atoms with Crippen molar-refractivity contribution in [3.63, 3.8) is 0 Å². The third-order valence-electron chi connectivity index (χ3n) is 4.43. The largest absolute Gasteiger partial charge is 0.493 e. The van der Waals surface area contributed by atoms with Crippen LogP contribution in [0.3, 0.4) is 0 Å². The minimum atomic E-state index is -3.69. The molecule has 0 atom stereocenters. The molecule has 2 heterocycles. The van der Waals surface area contributed by atoms with E-state index in [0.29, 0.717) is 27.9 Å². The number of hydrogen-bond acceptors (Lipinski definition) is 8. The van der Waals surface area contributed by atoms with Gasteiger partial charge >= 0.3 is 0 Å². The molecular weight excluding hydrogens is 444 g/mol. The lowest BCUT2D eigenvalue weighted by molar-refractivity contribution is 0.354. The summed E-state index contributed by atoms with van der Waals surface area (Å²) in [6.07, 6.45) is 0. The molecule has 4 aromatic rings. The lowest BCUT2D eigenvalue weighted by atomic mass is 10.2. The molecule has 0 fully saturated rings. The zero-order valence-corrected chi connectivity index (χ0v) is 18.1. The van der Waals surface area contributed by atoms with Crippen molar-refractivity contribution in [2.24, 2.45) is 0 Å². The van der Waals surface area contributed by atoms with E-state index in [0.717, 1.165) is 0 Å². The number of ether oxygens (including phenoxy) is 2. The van der Waals surface area contributed by atoms with Gasteiger partial charge in [-0.15, -0.1) is 0 Å². The SMILES string of the molecule is COc1ccc(S(=O)(=O)Cc2ccc(-c3nc(-c4cccc(Cl)c4)no3)o2)cc1OC. The van der Waals surface area contributed by atoms with Gasteiger partial charge in [-0.1, -0.05) is 28.9 Å². The van der Waals surface area contributed by atoms with E-state index in [-0.39, 0.29) is 28.1 Å². The van der Waals surface area contributed by atoms with Crippen molar-refractivity contribution >= 4 is 21.4 Å². The Bertz CT molecular complexity index is 1330. The summed E-state index contributed by atoms with van der Waals surface area (Å²) in [5.74, 6) is 1.37. The second-order valence-corrected chi connectivity index (χ2v) is 8.90. The summed E-state index contributed by atoms with van der Waals surface area (Å²) in [7, 11) is -0.775. The second kappa shape index (κ2) is 8.44. The highest BCUT2D eigenvalue weighted by molar-refractivity contribution is 7.90. The molecule has 4 rings (SSSR count). The molecule has 0 aliphatic rings. The molecule has 2 aromatic carbocycles. The van der Waals surface area contributed by atoms with E-state index in [1.54, 1.807) is 36.4 Å². The summed E-state index contributed by atoms with van der Waals surface area (Å²) in [5.41, 5.74) is 0.685. The first-order valence-electron chi connectivity index (χ1n) is 9.03. The van der Waals surface area contributed by atoms with Crippen molar-refractivity contribution in [3.8, 4) is 34.5 Å². The molecule has 0 N–H and O–H groups in total. The van der Waals surface area contributed by atoms with Crippen LogP contribution in [0.15, 0.2) is 68.4 Å². The fourth-order valence-electron chi connectivity index (χ4n) is 2.92. The summed E-state index contributed by atoms with van der Waals surface area (Å²) >= 11 is 5.99. The van der Waals surface area contributed by atoms with Crippen LogP contribution in [0.1, 0.15) is 5.76 Å². The first-order chi connectivity index (χ1) is 14.9. The molecule has 31 heavy (non-hydrogen) atoms. The fraction of sp³-hybridized carbons (Fsp3) is 0.143. The Balaban J connectivity index is 1.56. The molecule has 8 nitrogen and oxygen atoms in total. The normalized spacial score (nSPS) is 11.5. The molecule has 0 aliphatic heterocycles. The van der Waals surface area contributed by atoms with Gasteiger partial charge in [-0.05, 0) is 36.4 Å². The number of aromatic nitrogens is 2. The van der Waals surface area contributed by atoms with Crippen molar-refractivity contribution in [2.75, 3.05) is 14.2 Å². The second-order valence-electron chi connectivity index (χ2n) is 6.48. The van der Waals surface area contributed by atoms with Crippen molar-refractivity contribution in [1.29, 1.82) is 0 Å². The Morgan fingerprint density at radius 3 is 2.55 bits per heavy atom. The van der Waals surface area contributed by atoms with E-state index >= 15 is 0 Å². The lowest BCUT2D eigenvalue weighted by Gasteiger charge is -2.09. The molecule has 160 valence electrons.